The first-order valence-electron chi connectivity index (χ1n) is 7.17. The van der Waals surface area contributed by atoms with Crippen LogP contribution in [0, 0.1) is 0 Å². The standard InChI is InChI=1S/C17H14Cl2N2O3/c18-13-3-1-2-12(17(13)19)14-5-4-11(10-20-14)24-9-8-21-15(22)6-7-16(21)23/h1-7,10,22-23H,8-9H2. The van der Waals surface area contributed by atoms with Gasteiger partial charge in [0.05, 0.1) is 28.5 Å². The van der Waals surface area contributed by atoms with E-state index in [1.807, 2.05) is 12.1 Å². The predicted octanol–water partition coefficient (Wildman–Crippen LogP) is 4.35. The van der Waals surface area contributed by atoms with Crippen LogP contribution in [0.25, 0.3) is 11.3 Å². The molecule has 3 aromatic rings. The quantitative estimate of drug-likeness (QED) is 0.706. The van der Waals surface area contributed by atoms with Gasteiger partial charge in [0.15, 0.2) is 11.8 Å². The molecule has 0 radical (unpaired) electrons. The molecule has 0 unspecified atom stereocenters. The third kappa shape index (κ3) is 3.42. The highest BCUT2D eigenvalue weighted by molar-refractivity contribution is 6.43. The van der Waals surface area contributed by atoms with Crippen LogP contribution in [0.4, 0.5) is 0 Å². The number of hydrogen-bond acceptors (Lipinski definition) is 4. The Bertz CT molecular complexity index is 828. The first-order chi connectivity index (χ1) is 11.6. The van der Waals surface area contributed by atoms with Crippen LogP contribution in [0.1, 0.15) is 0 Å². The number of rotatable bonds is 5. The smallest absolute Gasteiger partial charge is 0.193 e. The van der Waals surface area contributed by atoms with Crippen molar-refractivity contribution >= 4 is 23.2 Å². The molecule has 7 heteroatoms. The van der Waals surface area contributed by atoms with Gasteiger partial charge >= 0.3 is 0 Å². The Kier molecular flexibility index (Phi) is 4.83. The SMILES string of the molecule is Oc1ccc(O)n1CCOc1ccc(-c2cccc(Cl)c2Cl)nc1. The van der Waals surface area contributed by atoms with Crippen molar-refractivity contribution in [2.45, 2.75) is 6.54 Å². The van der Waals surface area contributed by atoms with Gasteiger partial charge in [-0.25, -0.2) is 0 Å². The second-order valence-corrected chi connectivity index (χ2v) is 5.82. The van der Waals surface area contributed by atoms with Gasteiger partial charge in [-0.05, 0) is 18.2 Å². The lowest BCUT2D eigenvalue weighted by atomic mass is 10.1. The minimum atomic E-state index is -0.0137. The third-order valence-corrected chi connectivity index (χ3v) is 4.30. The summed E-state index contributed by atoms with van der Waals surface area (Å²) in [5.41, 5.74) is 1.44. The molecular weight excluding hydrogens is 351 g/mol. The van der Waals surface area contributed by atoms with E-state index < -0.39 is 0 Å². The lowest BCUT2D eigenvalue weighted by Crippen LogP contribution is -2.07. The van der Waals surface area contributed by atoms with Crippen molar-refractivity contribution in [1.82, 2.24) is 9.55 Å². The molecule has 0 saturated carbocycles. The van der Waals surface area contributed by atoms with E-state index in [2.05, 4.69) is 4.98 Å². The van der Waals surface area contributed by atoms with E-state index in [1.165, 1.54) is 16.7 Å². The summed E-state index contributed by atoms with van der Waals surface area (Å²) in [6, 6.07) is 11.8. The Morgan fingerprint density at radius 2 is 1.75 bits per heavy atom. The van der Waals surface area contributed by atoms with E-state index in [4.69, 9.17) is 27.9 Å². The zero-order valence-electron chi connectivity index (χ0n) is 12.5. The molecule has 0 atom stereocenters. The number of pyridine rings is 1. The summed E-state index contributed by atoms with van der Waals surface area (Å²) >= 11 is 12.2. The lowest BCUT2D eigenvalue weighted by molar-refractivity contribution is 0.274. The molecule has 3 rings (SSSR count). The molecule has 0 aliphatic rings. The lowest BCUT2D eigenvalue weighted by Gasteiger charge is -2.10. The van der Waals surface area contributed by atoms with Crippen molar-refractivity contribution in [2.24, 2.45) is 0 Å². The maximum absolute atomic E-state index is 9.55. The average Bonchev–Trinajstić information content (AvgIpc) is 2.90. The molecule has 24 heavy (non-hydrogen) atoms. The first-order valence-corrected chi connectivity index (χ1v) is 7.92. The molecule has 0 bridgehead atoms. The van der Waals surface area contributed by atoms with Crippen molar-refractivity contribution < 1.29 is 14.9 Å². The number of benzene rings is 1. The summed E-state index contributed by atoms with van der Waals surface area (Å²) < 4.78 is 6.91. The van der Waals surface area contributed by atoms with E-state index in [0.717, 1.165) is 5.56 Å². The number of halogens is 2. The fraction of sp³-hybridized carbons (Fsp3) is 0.118. The third-order valence-electron chi connectivity index (χ3n) is 3.48. The highest BCUT2D eigenvalue weighted by Gasteiger charge is 2.09. The zero-order valence-corrected chi connectivity index (χ0v) is 14.0. The second-order valence-electron chi connectivity index (χ2n) is 5.03. The van der Waals surface area contributed by atoms with Gasteiger partial charge < -0.3 is 14.9 Å². The summed E-state index contributed by atoms with van der Waals surface area (Å²) in [4.78, 5) is 4.33. The second kappa shape index (κ2) is 7.03. The Balaban J connectivity index is 1.66. The Labute approximate surface area is 148 Å². The molecule has 0 spiro atoms. The van der Waals surface area contributed by atoms with E-state index >= 15 is 0 Å². The molecule has 0 fully saturated rings. The molecule has 5 nitrogen and oxygen atoms in total. The predicted molar refractivity (Wildman–Crippen MR) is 92.9 cm³/mol. The number of hydrogen-bond donors (Lipinski definition) is 2. The van der Waals surface area contributed by atoms with E-state index in [-0.39, 0.29) is 18.4 Å². The highest BCUT2D eigenvalue weighted by Crippen LogP contribution is 2.32. The number of aromatic nitrogens is 2. The molecule has 2 aromatic heterocycles. The topological polar surface area (TPSA) is 67.5 Å². The molecule has 2 N–H and O–H groups in total. The summed E-state index contributed by atoms with van der Waals surface area (Å²) in [6.45, 7) is 0.585. The van der Waals surface area contributed by atoms with Gasteiger partial charge in [0, 0.05) is 17.7 Å². The van der Waals surface area contributed by atoms with Crippen molar-refractivity contribution in [3.63, 3.8) is 0 Å². The largest absolute Gasteiger partial charge is 0.494 e. The maximum atomic E-state index is 9.55. The van der Waals surface area contributed by atoms with Crippen LogP contribution in [-0.4, -0.2) is 26.4 Å². The van der Waals surface area contributed by atoms with Crippen LogP contribution in [0.15, 0.2) is 48.7 Å². The van der Waals surface area contributed by atoms with Crippen LogP contribution >= 0.6 is 23.2 Å². The Morgan fingerprint density at radius 3 is 2.42 bits per heavy atom. The van der Waals surface area contributed by atoms with Gasteiger partial charge in [0.2, 0.25) is 0 Å². The minimum Gasteiger partial charge on any atom is -0.494 e. The van der Waals surface area contributed by atoms with E-state index in [9.17, 15) is 10.2 Å². The zero-order chi connectivity index (χ0) is 17.1. The Hall–Kier alpha value is -2.37. The first kappa shape index (κ1) is 16.5. The fourth-order valence-electron chi connectivity index (χ4n) is 2.26. The van der Waals surface area contributed by atoms with Crippen LogP contribution in [0.5, 0.6) is 17.5 Å². The Morgan fingerprint density at radius 1 is 1.00 bits per heavy atom. The number of aromatic hydroxyl groups is 2. The molecule has 2 heterocycles. The number of ether oxygens (including phenoxy) is 1. The molecular formula is C17H14Cl2N2O3. The van der Waals surface area contributed by atoms with Crippen molar-refractivity contribution in [3.05, 3.63) is 58.7 Å². The average molecular weight is 365 g/mol. The summed E-state index contributed by atoms with van der Waals surface area (Å²) in [7, 11) is 0. The fourth-order valence-corrected chi connectivity index (χ4v) is 2.65. The summed E-state index contributed by atoms with van der Waals surface area (Å²) in [5.74, 6) is 0.545. The van der Waals surface area contributed by atoms with Crippen molar-refractivity contribution in [1.29, 1.82) is 0 Å². The molecule has 0 aliphatic carbocycles. The normalized spacial score (nSPS) is 10.8. The molecule has 0 saturated heterocycles. The van der Waals surface area contributed by atoms with Gasteiger partial charge in [-0.15, -0.1) is 0 Å². The molecule has 124 valence electrons. The van der Waals surface area contributed by atoms with E-state index in [0.29, 0.717) is 28.0 Å². The molecule has 0 amide bonds. The minimum absolute atomic E-state index is 0.0137. The van der Waals surface area contributed by atoms with Crippen LogP contribution in [0.3, 0.4) is 0 Å². The van der Waals surface area contributed by atoms with Crippen molar-refractivity contribution in [2.75, 3.05) is 6.61 Å². The van der Waals surface area contributed by atoms with Gasteiger partial charge in [-0.2, -0.15) is 0 Å². The monoisotopic (exact) mass is 364 g/mol. The van der Waals surface area contributed by atoms with Gasteiger partial charge in [-0.3, -0.25) is 9.55 Å². The van der Waals surface area contributed by atoms with Gasteiger partial charge in [0.25, 0.3) is 0 Å². The molecule has 0 aliphatic heterocycles. The van der Waals surface area contributed by atoms with Crippen LogP contribution in [0.2, 0.25) is 10.0 Å². The van der Waals surface area contributed by atoms with Gasteiger partial charge in [0.1, 0.15) is 12.4 Å². The maximum Gasteiger partial charge on any atom is 0.193 e. The van der Waals surface area contributed by atoms with Crippen molar-refractivity contribution in [3.8, 4) is 28.8 Å². The summed E-state index contributed by atoms with van der Waals surface area (Å²) in [5, 5.41) is 20.0. The van der Waals surface area contributed by atoms with Crippen LogP contribution in [-0.2, 0) is 6.54 Å². The van der Waals surface area contributed by atoms with Crippen LogP contribution < -0.4 is 4.74 Å². The van der Waals surface area contributed by atoms with Gasteiger partial charge in [-0.1, -0.05) is 35.3 Å². The highest BCUT2D eigenvalue weighted by atomic mass is 35.5. The molecule has 1 aromatic carbocycles. The summed E-state index contributed by atoms with van der Waals surface area (Å²) in [6.07, 6.45) is 1.59. The van der Waals surface area contributed by atoms with E-state index in [1.54, 1.807) is 24.4 Å². The number of nitrogens with zero attached hydrogens (tertiary/aromatic N) is 2.